The van der Waals surface area contributed by atoms with Gasteiger partial charge in [-0.2, -0.15) is 0 Å². The first-order chi connectivity index (χ1) is 9.27. The summed E-state index contributed by atoms with van der Waals surface area (Å²) in [5, 5.41) is 0. The zero-order valence-electron chi connectivity index (χ0n) is 11.0. The second-order valence-electron chi connectivity index (χ2n) is 4.26. The maximum absolute atomic E-state index is 12.5. The van der Waals surface area contributed by atoms with Gasteiger partial charge in [0.05, 0.1) is 11.1 Å². The number of fused-ring (bicyclic) bond motifs is 1. The van der Waals surface area contributed by atoms with Gasteiger partial charge in [0.25, 0.3) is 5.91 Å². The van der Waals surface area contributed by atoms with E-state index in [-0.39, 0.29) is 5.91 Å². The predicted octanol–water partition coefficient (Wildman–Crippen LogP) is 1.44. The van der Waals surface area contributed by atoms with Crippen LogP contribution in [0.3, 0.4) is 0 Å². The molecule has 0 saturated carbocycles. The molecule has 1 heterocycles. The van der Waals surface area contributed by atoms with Gasteiger partial charge in [-0.15, -0.1) is 0 Å². The number of hydrogen-bond acceptors (Lipinski definition) is 4. The quantitative estimate of drug-likeness (QED) is 0.880. The highest BCUT2D eigenvalue weighted by atomic mass is 16.2. The normalized spacial score (nSPS) is 10.6. The Labute approximate surface area is 112 Å². The largest absolute Gasteiger partial charge is 0.339 e. The SMILES string of the molecule is CCN(CCCN)C(=O)c1cccc2nccnc12. The lowest BCUT2D eigenvalue weighted by atomic mass is 10.1. The topological polar surface area (TPSA) is 72.1 Å². The molecule has 5 heteroatoms. The summed E-state index contributed by atoms with van der Waals surface area (Å²) < 4.78 is 0. The Bertz CT molecular complexity index is 565. The highest BCUT2D eigenvalue weighted by Gasteiger charge is 2.17. The summed E-state index contributed by atoms with van der Waals surface area (Å²) in [5.41, 5.74) is 7.49. The summed E-state index contributed by atoms with van der Waals surface area (Å²) in [6.45, 7) is 3.88. The highest BCUT2D eigenvalue weighted by molar-refractivity contribution is 6.04. The van der Waals surface area contributed by atoms with Crippen molar-refractivity contribution in [2.45, 2.75) is 13.3 Å². The van der Waals surface area contributed by atoms with Crippen LogP contribution < -0.4 is 5.73 Å². The van der Waals surface area contributed by atoms with Crippen LogP contribution in [0.15, 0.2) is 30.6 Å². The summed E-state index contributed by atoms with van der Waals surface area (Å²) in [4.78, 5) is 22.8. The van der Waals surface area contributed by atoms with Crippen LogP contribution in [0.5, 0.6) is 0 Å². The number of carbonyl (C=O) groups excluding carboxylic acids is 1. The zero-order valence-corrected chi connectivity index (χ0v) is 11.0. The van der Waals surface area contributed by atoms with Gasteiger partial charge in [0.15, 0.2) is 0 Å². The molecule has 19 heavy (non-hydrogen) atoms. The van der Waals surface area contributed by atoms with Crippen LogP contribution in [0.4, 0.5) is 0 Å². The Kier molecular flexibility index (Phi) is 4.41. The molecule has 1 amide bonds. The average Bonchev–Trinajstić information content (AvgIpc) is 2.47. The van der Waals surface area contributed by atoms with Gasteiger partial charge in [0.2, 0.25) is 0 Å². The summed E-state index contributed by atoms with van der Waals surface area (Å²) in [6.07, 6.45) is 4.04. The third kappa shape index (κ3) is 2.88. The van der Waals surface area contributed by atoms with Crippen molar-refractivity contribution in [1.29, 1.82) is 0 Å². The molecule has 2 rings (SSSR count). The van der Waals surface area contributed by atoms with Gasteiger partial charge in [-0.3, -0.25) is 14.8 Å². The number of aromatic nitrogens is 2. The van der Waals surface area contributed by atoms with Gasteiger partial charge < -0.3 is 10.6 Å². The first-order valence-electron chi connectivity index (χ1n) is 6.47. The lowest BCUT2D eigenvalue weighted by Crippen LogP contribution is -2.33. The number of para-hydroxylation sites is 1. The third-order valence-electron chi connectivity index (χ3n) is 3.03. The van der Waals surface area contributed by atoms with Crippen LogP contribution in [-0.4, -0.2) is 40.4 Å². The van der Waals surface area contributed by atoms with E-state index in [0.29, 0.717) is 30.7 Å². The maximum atomic E-state index is 12.5. The second kappa shape index (κ2) is 6.24. The number of nitrogens with two attached hydrogens (primary N) is 1. The number of benzene rings is 1. The van der Waals surface area contributed by atoms with Crippen LogP contribution in [0.1, 0.15) is 23.7 Å². The molecule has 0 spiro atoms. The minimum Gasteiger partial charge on any atom is -0.339 e. The number of nitrogens with zero attached hydrogens (tertiary/aromatic N) is 3. The summed E-state index contributed by atoms with van der Waals surface area (Å²) >= 11 is 0. The van der Waals surface area contributed by atoms with E-state index in [2.05, 4.69) is 9.97 Å². The Morgan fingerprint density at radius 2 is 2.11 bits per heavy atom. The fourth-order valence-corrected chi connectivity index (χ4v) is 2.02. The minimum atomic E-state index is -0.0120. The monoisotopic (exact) mass is 258 g/mol. The molecule has 0 radical (unpaired) electrons. The summed E-state index contributed by atoms with van der Waals surface area (Å²) in [6, 6.07) is 5.49. The number of carbonyl (C=O) groups is 1. The molecule has 2 N–H and O–H groups in total. The van der Waals surface area contributed by atoms with Gasteiger partial charge >= 0.3 is 0 Å². The van der Waals surface area contributed by atoms with E-state index in [1.165, 1.54) is 0 Å². The van der Waals surface area contributed by atoms with E-state index in [9.17, 15) is 4.79 Å². The first-order valence-corrected chi connectivity index (χ1v) is 6.47. The lowest BCUT2D eigenvalue weighted by molar-refractivity contribution is 0.0765. The van der Waals surface area contributed by atoms with E-state index in [0.717, 1.165) is 11.9 Å². The lowest BCUT2D eigenvalue weighted by Gasteiger charge is -2.21. The van der Waals surface area contributed by atoms with Gasteiger partial charge in [0.1, 0.15) is 5.52 Å². The Hall–Kier alpha value is -2.01. The number of hydrogen-bond donors (Lipinski definition) is 1. The van der Waals surface area contributed by atoms with Gasteiger partial charge in [0, 0.05) is 25.5 Å². The van der Waals surface area contributed by atoms with Crippen LogP contribution >= 0.6 is 0 Å². The van der Waals surface area contributed by atoms with E-state index < -0.39 is 0 Å². The standard InChI is InChI=1S/C14H18N4O/c1-2-18(10-4-7-15)14(19)11-5-3-6-12-13(11)17-9-8-16-12/h3,5-6,8-9H,2,4,7,10,15H2,1H3. The summed E-state index contributed by atoms with van der Waals surface area (Å²) in [7, 11) is 0. The zero-order chi connectivity index (χ0) is 13.7. The molecule has 0 atom stereocenters. The van der Waals surface area contributed by atoms with E-state index in [1.54, 1.807) is 23.4 Å². The maximum Gasteiger partial charge on any atom is 0.256 e. The van der Waals surface area contributed by atoms with Crippen molar-refractivity contribution in [3.8, 4) is 0 Å². The number of amides is 1. The first kappa shape index (κ1) is 13.4. The van der Waals surface area contributed by atoms with Gasteiger partial charge in [-0.25, -0.2) is 0 Å². The van der Waals surface area contributed by atoms with Crippen LogP contribution in [-0.2, 0) is 0 Å². The van der Waals surface area contributed by atoms with Gasteiger partial charge in [-0.1, -0.05) is 6.07 Å². The van der Waals surface area contributed by atoms with Crippen LogP contribution in [0.25, 0.3) is 11.0 Å². The van der Waals surface area contributed by atoms with Crippen LogP contribution in [0.2, 0.25) is 0 Å². The van der Waals surface area contributed by atoms with Crippen molar-refractivity contribution in [1.82, 2.24) is 14.9 Å². The molecular formula is C14H18N4O. The Balaban J connectivity index is 2.35. The molecule has 0 saturated heterocycles. The molecular weight excluding hydrogens is 240 g/mol. The molecule has 2 aromatic rings. The molecule has 1 aromatic carbocycles. The second-order valence-corrected chi connectivity index (χ2v) is 4.26. The smallest absolute Gasteiger partial charge is 0.256 e. The van der Waals surface area contributed by atoms with Crippen molar-refractivity contribution in [2.24, 2.45) is 5.73 Å². The predicted molar refractivity (Wildman–Crippen MR) is 74.8 cm³/mol. The van der Waals surface area contributed by atoms with E-state index >= 15 is 0 Å². The van der Waals surface area contributed by atoms with Crippen LogP contribution in [0, 0.1) is 0 Å². The molecule has 0 aliphatic carbocycles. The molecule has 0 fully saturated rings. The van der Waals surface area contributed by atoms with Crippen molar-refractivity contribution < 1.29 is 4.79 Å². The molecule has 0 aliphatic heterocycles. The average molecular weight is 258 g/mol. The molecule has 5 nitrogen and oxygen atoms in total. The molecule has 0 aliphatic rings. The van der Waals surface area contributed by atoms with Crippen molar-refractivity contribution in [3.05, 3.63) is 36.2 Å². The summed E-state index contributed by atoms with van der Waals surface area (Å²) in [5.74, 6) is -0.0120. The fraction of sp³-hybridized carbons (Fsp3) is 0.357. The molecule has 0 unspecified atom stereocenters. The Morgan fingerprint density at radius 3 is 2.84 bits per heavy atom. The third-order valence-corrected chi connectivity index (χ3v) is 3.03. The van der Waals surface area contributed by atoms with Gasteiger partial charge in [-0.05, 0) is 32.0 Å². The minimum absolute atomic E-state index is 0.0120. The molecule has 1 aromatic heterocycles. The fourth-order valence-electron chi connectivity index (χ4n) is 2.02. The molecule has 100 valence electrons. The number of rotatable bonds is 5. The van der Waals surface area contributed by atoms with Crippen molar-refractivity contribution in [2.75, 3.05) is 19.6 Å². The van der Waals surface area contributed by atoms with Crippen molar-refractivity contribution in [3.63, 3.8) is 0 Å². The molecule has 0 bridgehead atoms. The Morgan fingerprint density at radius 1 is 1.32 bits per heavy atom. The van der Waals surface area contributed by atoms with E-state index in [1.807, 2.05) is 19.1 Å². The van der Waals surface area contributed by atoms with Crippen molar-refractivity contribution >= 4 is 16.9 Å². The van der Waals surface area contributed by atoms with E-state index in [4.69, 9.17) is 5.73 Å². The highest BCUT2D eigenvalue weighted by Crippen LogP contribution is 2.16.